The van der Waals surface area contributed by atoms with Crippen LogP contribution in [-0.4, -0.2) is 50.3 Å². The highest BCUT2D eigenvalue weighted by atomic mass is 16.6. The first-order chi connectivity index (χ1) is 12.5. The quantitative estimate of drug-likeness (QED) is 0.267. The predicted octanol–water partition coefficient (Wildman–Crippen LogP) is 1.46. The van der Waals surface area contributed by atoms with Crippen LogP contribution in [0.2, 0.25) is 0 Å². The van der Waals surface area contributed by atoms with Gasteiger partial charge in [-0.15, -0.1) is 0 Å². The van der Waals surface area contributed by atoms with E-state index in [9.17, 15) is 19.2 Å². The molecule has 0 saturated heterocycles. The van der Waals surface area contributed by atoms with Gasteiger partial charge in [0.25, 0.3) is 0 Å². The van der Waals surface area contributed by atoms with Crippen molar-refractivity contribution in [2.75, 3.05) is 26.4 Å². The van der Waals surface area contributed by atoms with E-state index in [-0.39, 0.29) is 37.6 Å². The molecule has 0 aliphatic rings. The van der Waals surface area contributed by atoms with E-state index in [1.165, 1.54) is 24.3 Å². The summed E-state index contributed by atoms with van der Waals surface area (Å²) in [5.41, 5.74) is 0.438. The van der Waals surface area contributed by atoms with Crippen LogP contribution in [0.3, 0.4) is 0 Å². The smallest absolute Gasteiger partial charge is 0.338 e. The highest BCUT2D eigenvalue weighted by Gasteiger charge is 2.11. The second-order valence-corrected chi connectivity index (χ2v) is 4.59. The molecule has 1 aromatic rings. The van der Waals surface area contributed by atoms with Crippen molar-refractivity contribution in [2.24, 2.45) is 0 Å². The van der Waals surface area contributed by atoms with Gasteiger partial charge in [-0.1, -0.05) is 13.2 Å². The Morgan fingerprint density at radius 3 is 1.27 bits per heavy atom. The molecule has 0 amide bonds. The Labute approximate surface area is 150 Å². The summed E-state index contributed by atoms with van der Waals surface area (Å²) >= 11 is 0. The third-order valence-electron chi connectivity index (χ3n) is 2.81. The van der Waals surface area contributed by atoms with Crippen LogP contribution in [0.5, 0.6) is 0 Å². The minimum atomic E-state index is -0.629. The summed E-state index contributed by atoms with van der Waals surface area (Å²) in [5.74, 6) is -2.47. The molecule has 0 saturated carbocycles. The van der Waals surface area contributed by atoms with E-state index >= 15 is 0 Å². The lowest BCUT2D eigenvalue weighted by Gasteiger charge is -2.07. The fourth-order valence-electron chi connectivity index (χ4n) is 1.58. The topological polar surface area (TPSA) is 105 Å². The first-order valence-corrected chi connectivity index (χ1v) is 7.50. The molecule has 0 aliphatic carbocycles. The average Bonchev–Trinajstić information content (AvgIpc) is 2.67. The van der Waals surface area contributed by atoms with Crippen LogP contribution in [0, 0.1) is 0 Å². The number of carbonyl (C=O) groups is 4. The van der Waals surface area contributed by atoms with E-state index in [0.717, 1.165) is 12.2 Å². The Morgan fingerprint density at radius 1 is 0.654 bits per heavy atom. The zero-order valence-corrected chi connectivity index (χ0v) is 14.0. The molecular formula is C18H18O8. The van der Waals surface area contributed by atoms with Crippen LogP contribution >= 0.6 is 0 Å². The van der Waals surface area contributed by atoms with Crippen molar-refractivity contribution in [1.29, 1.82) is 0 Å². The number of rotatable bonds is 10. The molecule has 26 heavy (non-hydrogen) atoms. The van der Waals surface area contributed by atoms with E-state index in [1.54, 1.807) is 0 Å². The highest BCUT2D eigenvalue weighted by Crippen LogP contribution is 2.07. The van der Waals surface area contributed by atoms with Gasteiger partial charge in [0.2, 0.25) is 0 Å². The van der Waals surface area contributed by atoms with Gasteiger partial charge in [0, 0.05) is 12.2 Å². The average molecular weight is 362 g/mol. The van der Waals surface area contributed by atoms with Gasteiger partial charge in [0.15, 0.2) is 0 Å². The summed E-state index contributed by atoms with van der Waals surface area (Å²) < 4.78 is 19.2. The summed E-state index contributed by atoms with van der Waals surface area (Å²) in [6.07, 6.45) is 2.01. The van der Waals surface area contributed by atoms with Crippen LogP contribution in [0.1, 0.15) is 20.7 Å². The maximum atomic E-state index is 11.8. The molecule has 0 N–H and O–H groups in total. The zero-order chi connectivity index (χ0) is 19.4. The lowest BCUT2D eigenvalue weighted by molar-refractivity contribution is -0.139. The van der Waals surface area contributed by atoms with Gasteiger partial charge in [0.05, 0.1) is 11.1 Å². The van der Waals surface area contributed by atoms with Gasteiger partial charge < -0.3 is 18.9 Å². The maximum absolute atomic E-state index is 11.8. The molecule has 0 radical (unpaired) electrons. The molecule has 0 spiro atoms. The number of hydrogen-bond donors (Lipinski definition) is 0. The number of benzene rings is 1. The van der Waals surface area contributed by atoms with Crippen molar-refractivity contribution in [2.45, 2.75) is 0 Å². The summed E-state index contributed by atoms with van der Waals surface area (Å²) in [6.45, 7) is 6.08. The van der Waals surface area contributed by atoms with Gasteiger partial charge in [-0.05, 0) is 24.3 Å². The largest absolute Gasteiger partial charge is 0.459 e. The van der Waals surface area contributed by atoms with E-state index in [2.05, 4.69) is 22.6 Å². The maximum Gasteiger partial charge on any atom is 0.338 e. The van der Waals surface area contributed by atoms with Crippen molar-refractivity contribution in [1.82, 2.24) is 0 Å². The van der Waals surface area contributed by atoms with Gasteiger partial charge in [-0.2, -0.15) is 0 Å². The lowest BCUT2D eigenvalue weighted by Crippen LogP contribution is -2.14. The van der Waals surface area contributed by atoms with Gasteiger partial charge >= 0.3 is 23.9 Å². The minimum Gasteiger partial charge on any atom is -0.459 e. The van der Waals surface area contributed by atoms with E-state index in [1.807, 2.05) is 0 Å². The monoisotopic (exact) mass is 362 g/mol. The van der Waals surface area contributed by atoms with E-state index < -0.39 is 23.9 Å². The van der Waals surface area contributed by atoms with Crippen molar-refractivity contribution in [3.63, 3.8) is 0 Å². The second-order valence-electron chi connectivity index (χ2n) is 4.59. The fraction of sp³-hybridized carbons (Fsp3) is 0.222. The first-order valence-electron chi connectivity index (χ1n) is 7.50. The van der Waals surface area contributed by atoms with Crippen molar-refractivity contribution in [3.8, 4) is 0 Å². The van der Waals surface area contributed by atoms with Crippen LogP contribution in [0.15, 0.2) is 49.6 Å². The zero-order valence-electron chi connectivity index (χ0n) is 14.0. The molecule has 8 heteroatoms. The molecule has 1 rings (SSSR count). The summed E-state index contributed by atoms with van der Waals surface area (Å²) in [6, 6.07) is 5.58. The van der Waals surface area contributed by atoms with Crippen LogP contribution < -0.4 is 0 Å². The Morgan fingerprint density at radius 2 is 0.962 bits per heavy atom. The van der Waals surface area contributed by atoms with Crippen molar-refractivity contribution in [3.05, 3.63) is 60.7 Å². The molecule has 0 aliphatic heterocycles. The molecule has 8 nitrogen and oxygen atoms in total. The lowest BCUT2D eigenvalue weighted by atomic mass is 10.1. The first kappa shape index (κ1) is 20.6. The molecule has 0 atom stereocenters. The van der Waals surface area contributed by atoms with Gasteiger partial charge in [0.1, 0.15) is 26.4 Å². The molecule has 138 valence electrons. The molecular weight excluding hydrogens is 344 g/mol. The standard InChI is InChI=1S/C18H18O8/c1-3-15(19)23-9-11-25-17(21)13-5-7-14(8-6-13)18(22)26-12-10-24-16(20)4-2/h3-8H,1-2,9-12H2. The fourth-order valence-corrected chi connectivity index (χ4v) is 1.58. The number of carbonyl (C=O) groups excluding carboxylic acids is 4. The number of esters is 4. The minimum absolute atomic E-state index is 0.0859. The SMILES string of the molecule is C=CC(=O)OCCOC(=O)c1ccc(C(=O)OCCOC(=O)C=C)cc1. The molecule has 0 fully saturated rings. The Balaban J connectivity index is 2.39. The second kappa shape index (κ2) is 11.2. The van der Waals surface area contributed by atoms with Gasteiger partial charge in [-0.25, -0.2) is 19.2 Å². The molecule has 0 bridgehead atoms. The number of ether oxygens (including phenoxy) is 4. The summed E-state index contributed by atoms with van der Waals surface area (Å²) in [7, 11) is 0. The predicted molar refractivity (Wildman–Crippen MR) is 89.3 cm³/mol. The summed E-state index contributed by atoms with van der Waals surface area (Å²) in [5, 5.41) is 0. The van der Waals surface area contributed by atoms with Crippen molar-refractivity contribution < 1.29 is 38.1 Å². The van der Waals surface area contributed by atoms with Crippen LogP contribution in [-0.2, 0) is 28.5 Å². The molecule has 1 aromatic carbocycles. The van der Waals surface area contributed by atoms with E-state index in [4.69, 9.17) is 9.47 Å². The molecule has 0 heterocycles. The van der Waals surface area contributed by atoms with Crippen molar-refractivity contribution >= 4 is 23.9 Å². The molecule has 0 unspecified atom stereocenters. The third-order valence-corrected chi connectivity index (χ3v) is 2.81. The van der Waals surface area contributed by atoms with Gasteiger partial charge in [-0.3, -0.25) is 0 Å². The number of hydrogen-bond acceptors (Lipinski definition) is 8. The Hall–Kier alpha value is -3.42. The van der Waals surface area contributed by atoms with Crippen LogP contribution in [0.4, 0.5) is 0 Å². The third kappa shape index (κ3) is 7.43. The normalized spacial score (nSPS) is 9.54. The summed E-state index contributed by atoms with van der Waals surface area (Å²) in [4.78, 5) is 45.2. The highest BCUT2D eigenvalue weighted by molar-refractivity contribution is 5.93. The molecule has 0 aromatic heterocycles. The Kier molecular flexibility index (Phi) is 8.88. The Bertz CT molecular complexity index is 616. The van der Waals surface area contributed by atoms with Crippen LogP contribution in [0.25, 0.3) is 0 Å². The van der Waals surface area contributed by atoms with E-state index in [0.29, 0.717) is 0 Å².